The Hall–Kier alpha value is -2.80. The molecule has 0 heterocycles. The van der Waals surface area contributed by atoms with E-state index in [2.05, 4.69) is 10.6 Å². The van der Waals surface area contributed by atoms with E-state index in [1.54, 1.807) is 24.3 Å². The summed E-state index contributed by atoms with van der Waals surface area (Å²) in [5, 5.41) is 17.0. The highest BCUT2D eigenvalue weighted by Gasteiger charge is 2.09. The van der Waals surface area contributed by atoms with Crippen molar-refractivity contribution >= 4 is 28.9 Å². The van der Waals surface area contributed by atoms with Crippen LogP contribution in [0.5, 0.6) is 5.75 Å². The quantitative estimate of drug-likeness (QED) is 0.417. The second-order valence-corrected chi connectivity index (χ2v) is 6.17. The molecule has 8 heteroatoms. The van der Waals surface area contributed by atoms with E-state index >= 15 is 0 Å². The molecule has 1 amide bonds. The van der Waals surface area contributed by atoms with E-state index in [9.17, 15) is 14.9 Å². The van der Waals surface area contributed by atoms with Crippen LogP contribution in [0, 0.1) is 24.0 Å². The number of nitro benzene ring substituents is 1. The summed E-state index contributed by atoms with van der Waals surface area (Å²) in [6, 6.07) is 9.66. The Balaban J connectivity index is 1.71. The van der Waals surface area contributed by atoms with E-state index in [4.69, 9.17) is 16.3 Å². The molecule has 0 atom stereocenters. The predicted octanol–water partition coefficient (Wildman–Crippen LogP) is 3.47. The average molecular weight is 378 g/mol. The number of hydrogen-bond acceptors (Lipinski definition) is 5. The maximum Gasteiger partial charge on any atom is 0.269 e. The molecule has 0 unspecified atom stereocenters. The second-order valence-electron chi connectivity index (χ2n) is 5.74. The van der Waals surface area contributed by atoms with Crippen molar-refractivity contribution < 1.29 is 14.5 Å². The zero-order valence-corrected chi connectivity index (χ0v) is 15.3. The number of carbonyl (C=O) groups excluding carboxylic acids is 1. The number of carbonyl (C=O) groups is 1. The van der Waals surface area contributed by atoms with Crippen molar-refractivity contribution in [2.24, 2.45) is 0 Å². The first-order valence-corrected chi connectivity index (χ1v) is 8.39. The summed E-state index contributed by atoms with van der Waals surface area (Å²) in [6.45, 7) is 4.56. The van der Waals surface area contributed by atoms with Crippen LogP contribution in [0.4, 0.5) is 11.4 Å². The Labute approximate surface area is 156 Å². The number of non-ortho nitro benzene ring substituents is 1. The van der Waals surface area contributed by atoms with Crippen molar-refractivity contribution in [2.45, 2.75) is 13.8 Å². The fraction of sp³-hybridized carbons (Fsp3) is 0.278. The van der Waals surface area contributed by atoms with Gasteiger partial charge in [-0.25, -0.2) is 0 Å². The van der Waals surface area contributed by atoms with Gasteiger partial charge in [0.1, 0.15) is 5.75 Å². The molecule has 2 aromatic rings. The Morgan fingerprint density at radius 3 is 2.35 bits per heavy atom. The first-order valence-electron chi connectivity index (χ1n) is 8.01. The number of nitrogens with one attached hydrogen (secondary N) is 2. The summed E-state index contributed by atoms with van der Waals surface area (Å²) in [4.78, 5) is 22.0. The number of hydrogen-bond donors (Lipinski definition) is 2. The Kier molecular flexibility index (Phi) is 6.80. The fourth-order valence-corrected chi connectivity index (χ4v) is 2.75. The zero-order valence-electron chi connectivity index (χ0n) is 14.5. The molecule has 2 aromatic carbocycles. The maximum absolute atomic E-state index is 11.9. The topological polar surface area (TPSA) is 93.5 Å². The Morgan fingerprint density at radius 2 is 1.77 bits per heavy atom. The van der Waals surface area contributed by atoms with E-state index in [1.165, 1.54) is 12.1 Å². The van der Waals surface area contributed by atoms with Crippen molar-refractivity contribution in [3.05, 3.63) is 62.7 Å². The lowest BCUT2D eigenvalue weighted by Crippen LogP contribution is -2.32. The third kappa shape index (κ3) is 5.63. The third-order valence-electron chi connectivity index (χ3n) is 3.63. The molecule has 138 valence electrons. The molecule has 7 nitrogen and oxygen atoms in total. The standard InChI is InChI=1S/C18H20ClN3O4/c1-12-9-14(19)10-13(2)18(12)26-11-17(23)21-8-7-20-15-3-5-16(6-4-15)22(24)25/h3-6,9-10,20H,7-8,11H2,1-2H3,(H,21,23). The van der Waals surface area contributed by atoms with Gasteiger partial charge in [-0.3, -0.25) is 14.9 Å². The van der Waals surface area contributed by atoms with Crippen LogP contribution in [0.2, 0.25) is 5.02 Å². The molecule has 2 N–H and O–H groups in total. The summed E-state index contributed by atoms with van der Waals surface area (Å²) < 4.78 is 5.58. The lowest BCUT2D eigenvalue weighted by Gasteiger charge is -2.13. The van der Waals surface area contributed by atoms with Gasteiger partial charge in [0.05, 0.1) is 4.92 Å². The minimum atomic E-state index is -0.450. The molecule has 0 bridgehead atoms. The third-order valence-corrected chi connectivity index (χ3v) is 3.85. The number of nitro groups is 1. The molecule has 0 aliphatic rings. The van der Waals surface area contributed by atoms with Gasteiger partial charge in [0.15, 0.2) is 6.61 Å². The van der Waals surface area contributed by atoms with Gasteiger partial charge in [0, 0.05) is 35.9 Å². The van der Waals surface area contributed by atoms with Crippen molar-refractivity contribution in [3.63, 3.8) is 0 Å². The van der Waals surface area contributed by atoms with Gasteiger partial charge in [-0.1, -0.05) is 11.6 Å². The molecule has 0 aliphatic heterocycles. The summed E-state index contributed by atoms with van der Waals surface area (Å²) in [7, 11) is 0. The van der Waals surface area contributed by atoms with Crippen molar-refractivity contribution in [3.8, 4) is 5.75 Å². The molecule has 0 radical (unpaired) electrons. The maximum atomic E-state index is 11.9. The highest BCUT2D eigenvalue weighted by atomic mass is 35.5. The van der Waals surface area contributed by atoms with Gasteiger partial charge in [-0.05, 0) is 49.2 Å². The monoisotopic (exact) mass is 377 g/mol. The van der Waals surface area contributed by atoms with Gasteiger partial charge in [0.2, 0.25) is 0 Å². The van der Waals surface area contributed by atoms with Crippen LogP contribution in [0.25, 0.3) is 0 Å². The summed E-state index contributed by atoms with van der Waals surface area (Å²) >= 11 is 5.97. The summed E-state index contributed by atoms with van der Waals surface area (Å²) in [6.07, 6.45) is 0. The van der Waals surface area contributed by atoms with E-state index < -0.39 is 4.92 Å². The van der Waals surface area contributed by atoms with Gasteiger partial charge in [-0.2, -0.15) is 0 Å². The number of rotatable bonds is 8. The number of amides is 1. The molecule has 0 spiro atoms. The smallest absolute Gasteiger partial charge is 0.269 e. The van der Waals surface area contributed by atoms with Gasteiger partial charge >= 0.3 is 0 Å². The van der Waals surface area contributed by atoms with Gasteiger partial charge in [0.25, 0.3) is 11.6 Å². The Bertz CT molecular complexity index is 771. The molecular formula is C18H20ClN3O4. The van der Waals surface area contributed by atoms with Gasteiger partial charge < -0.3 is 15.4 Å². The number of ether oxygens (including phenoxy) is 1. The molecule has 0 saturated heterocycles. The molecule has 2 rings (SSSR count). The summed E-state index contributed by atoms with van der Waals surface area (Å²) in [5.74, 6) is 0.429. The fourth-order valence-electron chi connectivity index (χ4n) is 2.42. The van der Waals surface area contributed by atoms with Crippen molar-refractivity contribution in [2.75, 3.05) is 25.0 Å². The molecule has 0 aliphatic carbocycles. The number of nitrogens with zero attached hydrogens (tertiary/aromatic N) is 1. The summed E-state index contributed by atoms with van der Waals surface area (Å²) in [5.41, 5.74) is 2.53. The minimum Gasteiger partial charge on any atom is -0.483 e. The van der Waals surface area contributed by atoms with E-state index in [-0.39, 0.29) is 18.2 Å². The van der Waals surface area contributed by atoms with E-state index in [0.29, 0.717) is 23.9 Å². The Morgan fingerprint density at radius 1 is 1.15 bits per heavy atom. The van der Waals surface area contributed by atoms with Gasteiger partial charge in [-0.15, -0.1) is 0 Å². The highest BCUT2D eigenvalue weighted by Crippen LogP contribution is 2.26. The average Bonchev–Trinajstić information content (AvgIpc) is 2.58. The molecule has 0 fully saturated rings. The molecular weight excluding hydrogens is 358 g/mol. The molecule has 0 aromatic heterocycles. The van der Waals surface area contributed by atoms with Crippen LogP contribution < -0.4 is 15.4 Å². The zero-order chi connectivity index (χ0) is 19.1. The lowest BCUT2D eigenvalue weighted by atomic mass is 10.1. The van der Waals surface area contributed by atoms with Crippen LogP contribution in [-0.4, -0.2) is 30.5 Å². The first kappa shape index (κ1) is 19.5. The van der Waals surface area contributed by atoms with Crippen molar-refractivity contribution in [1.29, 1.82) is 0 Å². The number of aryl methyl sites for hydroxylation is 2. The molecule has 26 heavy (non-hydrogen) atoms. The first-order chi connectivity index (χ1) is 12.4. The van der Waals surface area contributed by atoms with Crippen LogP contribution in [-0.2, 0) is 4.79 Å². The SMILES string of the molecule is Cc1cc(Cl)cc(C)c1OCC(=O)NCCNc1ccc([N+](=O)[O-])cc1. The van der Waals surface area contributed by atoms with Crippen molar-refractivity contribution in [1.82, 2.24) is 5.32 Å². The lowest BCUT2D eigenvalue weighted by molar-refractivity contribution is -0.384. The number of halogens is 1. The predicted molar refractivity (Wildman–Crippen MR) is 101 cm³/mol. The highest BCUT2D eigenvalue weighted by molar-refractivity contribution is 6.30. The normalized spacial score (nSPS) is 10.3. The number of benzene rings is 2. The van der Waals surface area contributed by atoms with Crippen LogP contribution in [0.3, 0.4) is 0 Å². The van der Waals surface area contributed by atoms with E-state index in [1.807, 2.05) is 13.8 Å². The van der Waals surface area contributed by atoms with Crippen LogP contribution in [0.1, 0.15) is 11.1 Å². The van der Waals surface area contributed by atoms with Crippen LogP contribution in [0.15, 0.2) is 36.4 Å². The van der Waals surface area contributed by atoms with E-state index in [0.717, 1.165) is 16.8 Å². The second kappa shape index (κ2) is 9.05. The minimum absolute atomic E-state index is 0.0359. The number of anilines is 1. The van der Waals surface area contributed by atoms with Crippen LogP contribution >= 0.6 is 11.6 Å². The largest absolute Gasteiger partial charge is 0.483 e. The molecule has 0 saturated carbocycles.